The van der Waals surface area contributed by atoms with E-state index in [1.807, 2.05) is 24.3 Å². The summed E-state index contributed by atoms with van der Waals surface area (Å²) in [5, 5.41) is -0.699. The van der Waals surface area contributed by atoms with Gasteiger partial charge in [0.2, 0.25) is 23.3 Å². The summed E-state index contributed by atoms with van der Waals surface area (Å²) >= 11 is 3.11. The minimum atomic E-state index is -0.573. The number of hydrogen-bond acceptors (Lipinski definition) is 10. The molecule has 0 radical (unpaired) electrons. The zero-order valence-corrected chi connectivity index (χ0v) is 23.6. The average molecular weight is 563 g/mol. The van der Waals surface area contributed by atoms with Crippen molar-refractivity contribution in [3.63, 3.8) is 0 Å². The summed E-state index contributed by atoms with van der Waals surface area (Å²) in [6, 6.07) is 6.22. The summed E-state index contributed by atoms with van der Waals surface area (Å²) in [7, 11) is 9.31. The van der Waals surface area contributed by atoms with E-state index in [2.05, 4.69) is 0 Å². The van der Waals surface area contributed by atoms with Crippen LogP contribution >= 0.6 is 23.5 Å². The van der Waals surface area contributed by atoms with E-state index < -0.39 is 12.1 Å². The van der Waals surface area contributed by atoms with Gasteiger partial charge in [-0.25, -0.2) is 0 Å². The van der Waals surface area contributed by atoms with Crippen LogP contribution in [0.3, 0.4) is 0 Å². The van der Waals surface area contributed by atoms with Gasteiger partial charge in [-0.15, -0.1) is 23.5 Å². The Hall–Kier alpha value is -3.12. The van der Waals surface area contributed by atoms with Gasteiger partial charge in [-0.1, -0.05) is 0 Å². The Bertz CT molecular complexity index is 1110. The van der Waals surface area contributed by atoms with Gasteiger partial charge in [-0.05, 0) is 35.4 Å². The lowest BCUT2D eigenvalue weighted by molar-refractivity contribution is -0.159. The SMILES string of the molecule is COc1cc(C2SCC3C(=O)N4C(CSC4c4cc(OC)c(OC)c(OC)c4)C(=O)N32)cc(OC)c1OC. The summed E-state index contributed by atoms with van der Waals surface area (Å²) < 4.78 is 33.0. The third-order valence-electron chi connectivity index (χ3n) is 7.02. The second-order valence-corrected chi connectivity index (χ2v) is 11.0. The van der Waals surface area contributed by atoms with E-state index in [1.54, 1.807) is 76.0 Å². The number of benzene rings is 2. The Morgan fingerprint density at radius 3 is 1.16 bits per heavy atom. The van der Waals surface area contributed by atoms with Crippen molar-refractivity contribution in [2.24, 2.45) is 0 Å². The Kier molecular flexibility index (Phi) is 7.36. The number of carbonyl (C=O) groups excluding carboxylic acids is 2. The van der Waals surface area contributed by atoms with Gasteiger partial charge >= 0.3 is 0 Å². The third-order valence-corrected chi connectivity index (χ3v) is 9.67. The molecule has 3 saturated heterocycles. The van der Waals surface area contributed by atoms with Crippen molar-refractivity contribution in [2.45, 2.75) is 22.8 Å². The number of carbonyl (C=O) groups is 2. The Labute approximate surface area is 229 Å². The Morgan fingerprint density at radius 1 is 0.579 bits per heavy atom. The van der Waals surface area contributed by atoms with Gasteiger partial charge in [0.15, 0.2) is 23.0 Å². The molecule has 10 nitrogen and oxygen atoms in total. The lowest BCUT2D eigenvalue weighted by Crippen LogP contribution is -2.62. The van der Waals surface area contributed by atoms with Crippen LogP contribution in [-0.2, 0) is 9.59 Å². The molecule has 3 fully saturated rings. The molecule has 4 atom stereocenters. The highest BCUT2D eigenvalue weighted by molar-refractivity contribution is 8.00. The Balaban J connectivity index is 1.48. The van der Waals surface area contributed by atoms with Gasteiger partial charge < -0.3 is 38.2 Å². The molecule has 0 bridgehead atoms. The molecular weight excluding hydrogens is 532 g/mol. The number of rotatable bonds is 8. The highest BCUT2D eigenvalue weighted by Crippen LogP contribution is 2.53. The van der Waals surface area contributed by atoms with Crippen molar-refractivity contribution in [2.75, 3.05) is 54.2 Å². The van der Waals surface area contributed by atoms with Crippen LogP contribution in [0.5, 0.6) is 34.5 Å². The van der Waals surface area contributed by atoms with Crippen molar-refractivity contribution in [3.8, 4) is 34.5 Å². The minimum Gasteiger partial charge on any atom is -0.493 e. The quantitative estimate of drug-likeness (QED) is 0.477. The van der Waals surface area contributed by atoms with Crippen LogP contribution in [0.25, 0.3) is 0 Å². The molecule has 0 aliphatic carbocycles. The van der Waals surface area contributed by atoms with Crippen LogP contribution in [0.4, 0.5) is 0 Å². The van der Waals surface area contributed by atoms with E-state index in [0.29, 0.717) is 46.0 Å². The zero-order valence-electron chi connectivity index (χ0n) is 22.0. The number of thioether (sulfide) groups is 2. The fourth-order valence-electron chi connectivity index (χ4n) is 5.28. The van der Waals surface area contributed by atoms with Crippen LogP contribution in [-0.4, -0.2) is 87.9 Å². The largest absolute Gasteiger partial charge is 0.493 e. The smallest absolute Gasteiger partial charge is 0.248 e. The van der Waals surface area contributed by atoms with Gasteiger partial charge in [0.1, 0.15) is 22.8 Å². The number of fused-ring (bicyclic) bond motifs is 2. The van der Waals surface area contributed by atoms with Crippen LogP contribution in [0.15, 0.2) is 24.3 Å². The maximum atomic E-state index is 13.9. The highest BCUT2D eigenvalue weighted by Gasteiger charge is 2.56. The molecule has 4 unspecified atom stereocenters. The van der Waals surface area contributed by atoms with Gasteiger partial charge in [-0.3, -0.25) is 9.59 Å². The number of nitrogens with zero attached hydrogens (tertiary/aromatic N) is 2. The maximum absolute atomic E-state index is 13.9. The summed E-state index contributed by atoms with van der Waals surface area (Å²) in [6.07, 6.45) is 0. The topological polar surface area (TPSA) is 96.0 Å². The standard InChI is InChI=1S/C26H30N2O8S2/c1-31-17-7-13(8-18(32-2)21(17)35-5)25-27-15(11-37-25)24(30)28-16(23(27)29)12-38-26(28)14-9-19(33-3)22(36-6)20(10-14)34-4/h7-10,15-16,25-26H,11-12H2,1-6H3. The van der Waals surface area contributed by atoms with Crippen LogP contribution in [0, 0.1) is 0 Å². The molecule has 0 saturated carbocycles. The van der Waals surface area contributed by atoms with Gasteiger partial charge in [0, 0.05) is 11.5 Å². The molecule has 204 valence electrons. The van der Waals surface area contributed by atoms with Gasteiger partial charge in [-0.2, -0.15) is 0 Å². The molecule has 5 rings (SSSR count). The fourth-order valence-corrected chi connectivity index (χ4v) is 8.09. The van der Waals surface area contributed by atoms with Crippen molar-refractivity contribution in [3.05, 3.63) is 35.4 Å². The molecule has 0 spiro atoms. The number of ether oxygens (including phenoxy) is 6. The molecule has 2 aromatic carbocycles. The Morgan fingerprint density at radius 2 is 0.895 bits per heavy atom. The molecule has 0 N–H and O–H groups in total. The summed E-state index contributed by atoms with van der Waals surface area (Å²) in [6.45, 7) is 0. The maximum Gasteiger partial charge on any atom is 0.248 e. The number of amides is 2. The molecule has 3 heterocycles. The van der Waals surface area contributed by atoms with E-state index in [-0.39, 0.29) is 22.6 Å². The second kappa shape index (κ2) is 10.6. The summed E-state index contributed by atoms with van der Waals surface area (Å²) in [5.41, 5.74) is 1.63. The molecule has 12 heteroatoms. The first-order valence-electron chi connectivity index (χ1n) is 11.9. The number of hydrogen-bond donors (Lipinski definition) is 0. The number of piperazine rings is 1. The van der Waals surface area contributed by atoms with Crippen molar-refractivity contribution < 1.29 is 38.0 Å². The van der Waals surface area contributed by atoms with Crippen LogP contribution < -0.4 is 28.4 Å². The lowest BCUT2D eigenvalue weighted by atomic mass is 10.0. The van der Waals surface area contributed by atoms with Crippen molar-refractivity contribution in [1.29, 1.82) is 0 Å². The zero-order chi connectivity index (χ0) is 27.1. The second-order valence-electron chi connectivity index (χ2n) is 8.81. The van der Waals surface area contributed by atoms with Gasteiger partial charge in [0.25, 0.3) is 0 Å². The monoisotopic (exact) mass is 562 g/mol. The summed E-state index contributed by atoms with van der Waals surface area (Å²) in [5.74, 6) is 3.80. The van der Waals surface area contributed by atoms with Crippen LogP contribution in [0.2, 0.25) is 0 Å². The van der Waals surface area contributed by atoms with Crippen LogP contribution in [0.1, 0.15) is 21.9 Å². The first-order valence-corrected chi connectivity index (χ1v) is 14.0. The van der Waals surface area contributed by atoms with E-state index in [9.17, 15) is 9.59 Å². The van der Waals surface area contributed by atoms with Gasteiger partial charge in [0.05, 0.1) is 42.7 Å². The molecule has 2 aromatic rings. The highest BCUT2D eigenvalue weighted by atomic mass is 32.2. The molecular formula is C26H30N2O8S2. The first kappa shape index (κ1) is 26.5. The fraction of sp³-hybridized carbons (Fsp3) is 0.462. The molecule has 3 aliphatic heterocycles. The summed E-state index contributed by atoms with van der Waals surface area (Å²) in [4.78, 5) is 31.3. The average Bonchev–Trinajstić information content (AvgIpc) is 3.60. The molecule has 3 aliphatic rings. The van der Waals surface area contributed by atoms with E-state index >= 15 is 0 Å². The normalized spacial score (nSPS) is 24.2. The third kappa shape index (κ3) is 4.05. The lowest BCUT2D eigenvalue weighted by Gasteiger charge is -2.42. The predicted molar refractivity (Wildman–Crippen MR) is 144 cm³/mol. The number of methoxy groups -OCH3 is 6. The molecule has 38 heavy (non-hydrogen) atoms. The first-order chi connectivity index (χ1) is 18.4. The van der Waals surface area contributed by atoms with E-state index in [1.165, 1.54) is 0 Å². The van der Waals surface area contributed by atoms with E-state index in [0.717, 1.165) is 11.1 Å². The molecule has 2 amide bonds. The predicted octanol–water partition coefficient (Wildman–Crippen LogP) is 3.34. The van der Waals surface area contributed by atoms with Crippen molar-refractivity contribution >= 4 is 35.3 Å². The van der Waals surface area contributed by atoms with Crippen molar-refractivity contribution in [1.82, 2.24) is 9.80 Å². The molecule has 0 aromatic heterocycles. The van der Waals surface area contributed by atoms with E-state index in [4.69, 9.17) is 28.4 Å². The minimum absolute atomic E-state index is 0.0687.